The number of carbonyl (C=O) groups is 4. The molecule has 2 saturated heterocycles. The van der Waals surface area contributed by atoms with Gasteiger partial charge in [0, 0.05) is 27.4 Å². The number of rotatable bonds is 9. The number of fused-ring (bicyclic) bond motifs is 2. The average molecular weight is 799 g/mol. The maximum Gasteiger partial charge on any atom is 0.407 e. The first-order valence-corrected chi connectivity index (χ1v) is 20.5. The van der Waals surface area contributed by atoms with Crippen molar-refractivity contribution in [3.8, 4) is 22.3 Å². The fourth-order valence-electron chi connectivity index (χ4n) is 7.46. The number of likely N-dealkylation sites (tertiary alicyclic amines) is 2. The number of aromatic amines is 2. The zero-order valence-corrected chi connectivity index (χ0v) is 33.9. The summed E-state index contributed by atoms with van der Waals surface area (Å²) in [5.74, 6) is 7.41. The lowest BCUT2D eigenvalue weighted by Crippen LogP contribution is -2.51. The summed E-state index contributed by atoms with van der Waals surface area (Å²) in [7, 11) is 2.58. The highest BCUT2D eigenvalue weighted by Gasteiger charge is 2.39. The minimum Gasteiger partial charge on any atom is -0.453 e. The van der Waals surface area contributed by atoms with Gasteiger partial charge in [-0.2, -0.15) is 0 Å². The van der Waals surface area contributed by atoms with Crippen LogP contribution in [0.25, 0.3) is 30.9 Å². The molecule has 2 fully saturated rings. The van der Waals surface area contributed by atoms with Crippen LogP contribution >= 0.6 is 22.7 Å². The van der Waals surface area contributed by atoms with Crippen LogP contribution in [0.2, 0.25) is 0 Å². The third-order valence-corrected chi connectivity index (χ3v) is 12.7. The molecule has 4 aromatic heterocycles. The molecule has 0 saturated carbocycles. The van der Waals surface area contributed by atoms with E-state index >= 15 is 0 Å². The van der Waals surface area contributed by atoms with Gasteiger partial charge in [-0.15, -0.1) is 22.7 Å². The number of nitrogens with one attached hydrogen (secondary N) is 4. The Kier molecular flexibility index (Phi) is 11.4. The molecule has 0 unspecified atom stereocenters. The summed E-state index contributed by atoms with van der Waals surface area (Å²) in [5.41, 5.74) is 3.46. The van der Waals surface area contributed by atoms with Crippen LogP contribution in [0.4, 0.5) is 9.59 Å². The molecule has 4 atom stereocenters. The first kappa shape index (κ1) is 38.9. The molecule has 4 N–H and O–H groups in total. The first-order chi connectivity index (χ1) is 26.9. The number of ether oxygens (including phenoxy) is 2. The van der Waals surface area contributed by atoms with Gasteiger partial charge in [0.1, 0.15) is 29.4 Å². The van der Waals surface area contributed by atoms with Crippen LogP contribution in [-0.2, 0) is 19.1 Å². The molecular formula is C40H46N8O6S2. The number of aromatic nitrogens is 4. The lowest BCUT2D eigenvalue weighted by Gasteiger charge is -2.29. The van der Waals surface area contributed by atoms with Gasteiger partial charge >= 0.3 is 12.2 Å². The fourth-order valence-corrected chi connectivity index (χ4v) is 9.71. The number of carbonyl (C=O) groups excluding carboxylic acids is 4. The number of nitrogens with zero attached hydrogens (tertiary/aromatic N) is 4. The number of alkyl carbamates (subject to hydrolysis) is 2. The van der Waals surface area contributed by atoms with E-state index in [1.54, 1.807) is 33.8 Å². The Morgan fingerprint density at radius 1 is 0.804 bits per heavy atom. The van der Waals surface area contributed by atoms with Gasteiger partial charge in [0.15, 0.2) is 0 Å². The molecule has 5 aromatic rings. The molecule has 0 radical (unpaired) electrons. The van der Waals surface area contributed by atoms with Gasteiger partial charge < -0.3 is 39.9 Å². The number of hydrogen-bond donors (Lipinski definition) is 4. The summed E-state index contributed by atoms with van der Waals surface area (Å²) in [4.78, 5) is 72.9. The molecule has 16 heteroatoms. The second-order valence-electron chi connectivity index (χ2n) is 14.8. The Labute approximate surface area is 332 Å². The van der Waals surface area contributed by atoms with Crippen molar-refractivity contribution >= 4 is 67.1 Å². The molecule has 0 spiro atoms. The van der Waals surface area contributed by atoms with Crippen molar-refractivity contribution in [3.05, 3.63) is 58.7 Å². The van der Waals surface area contributed by atoms with Crippen molar-refractivity contribution in [1.29, 1.82) is 0 Å². The van der Waals surface area contributed by atoms with Gasteiger partial charge in [-0.1, -0.05) is 33.8 Å². The molecular weight excluding hydrogens is 753 g/mol. The van der Waals surface area contributed by atoms with Crippen molar-refractivity contribution in [2.75, 3.05) is 27.3 Å². The summed E-state index contributed by atoms with van der Waals surface area (Å²) in [5, 5.41) is 5.39. The second-order valence-corrected chi connectivity index (χ2v) is 17.0. The molecule has 56 heavy (non-hydrogen) atoms. The molecule has 6 heterocycles. The van der Waals surface area contributed by atoms with Gasteiger partial charge in [-0.25, -0.2) is 19.6 Å². The van der Waals surface area contributed by atoms with E-state index < -0.39 is 24.3 Å². The van der Waals surface area contributed by atoms with E-state index in [1.807, 2.05) is 38.7 Å². The number of hydrogen-bond acceptors (Lipinski definition) is 10. The van der Waals surface area contributed by atoms with Gasteiger partial charge in [0.05, 0.1) is 48.4 Å². The standard InChI is InChI=1S/C40H46N8O6S2/c1-21(2)33(45-39(51)53-5)37(49)47-15-7-9-28(47)35-41-20-24(42-35)12-13-25-18-31-32(55-25)19-30(56-31)23-11-14-26-27(17-23)44-36(43-26)29-10-8-16-48(29)38(50)34(22(3)4)46-40(52)54-6/h11,14,17-22,28-29,33-34H,7-10,15-16H2,1-6H3,(H,41,42)(H,43,44)(H,45,51)(H,46,52)/t28-,29+,33-,34+/m1/s1. The number of benzene rings is 1. The minimum absolute atomic E-state index is 0.106. The van der Waals surface area contributed by atoms with E-state index in [1.165, 1.54) is 14.2 Å². The molecule has 7 rings (SSSR count). The number of methoxy groups -OCH3 is 2. The van der Waals surface area contributed by atoms with Gasteiger partial charge in [0.2, 0.25) is 11.8 Å². The van der Waals surface area contributed by atoms with E-state index in [0.717, 1.165) is 67.3 Å². The van der Waals surface area contributed by atoms with Crippen molar-refractivity contribution in [2.45, 2.75) is 77.5 Å². The number of H-pyrrole nitrogens is 2. The third-order valence-electron chi connectivity index (χ3n) is 10.4. The Morgan fingerprint density at radius 2 is 1.41 bits per heavy atom. The fraction of sp³-hybridized carbons (Fsp3) is 0.450. The molecule has 2 aliphatic rings. The van der Waals surface area contributed by atoms with Crippen LogP contribution in [0.5, 0.6) is 0 Å². The summed E-state index contributed by atoms with van der Waals surface area (Å²) >= 11 is 3.33. The minimum atomic E-state index is -0.693. The van der Waals surface area contributed by atoms with Crippen LogP contribution in [0.1, 0.15) is 87.7 Å². The number of thiophene rings is 2. The quantitative estimate of drug-likeness (QED) is 0.119. The highest BCUT2D eigenvalue weighted by molar-refractivity contribution is 7.29. The lowest BCUT2D eigenvalue weighted by atomic mass is 10.0. The molecule has 0 bridgehead atoms. The van der Waals surface area contributed by atoms with E-state index in [4.69, 9.17) is 14.5 Å². The Morgan fingerprint density at radius 3 is 2.00 bits per heavy atom. The highest BCUT2D eigenvalue weighted by Crippen LogP contribution is 2.40. The maximum atomic E-state index is 13.6. The molecule has 14 nitrogen and oxygen atoms in total. The third kappa shape index (κ3) is 7.96. The lowest BCUT2D eigenvalue weighted by molar-refractivity contribution is -0.136. The van der Waals surface area contributed by atoms with E-state index in [-0.39, 0.29) is 35.7 Å². The molecule has 1 aromatic carbocycles. The smallest absolute Gasteiger partial charge is 0.407 e. The molecule has 2 aliphatic heterocycles. The number of imidazole rings is 2. The van der Waals surface area contributed by atoms with Crippen LogP contribution in [0, 0.1) is 23.7 Å². The van der Waals surface area contributed by atoms with Crippen molar-refractivity contribution in [1.82, 2.24) is 40.4 Å². The predicted octanol–water partition coefficient (Wildman–Crippen LogP) is 6.72. The van der Waals surface area contributed by atoms with Crippen molar-refractivity contribution in [2.24, 2.45) is 11.8 Å². The zero-order chi connectivity index (χ0) is 39.7. The Bertz CT molecular complexity index is 2300. The second kappa shape index (κ2) is 16.4. The molecule has 4 amide bonds. The normalized spacial score (nSPS) is 18.0. The largest absolute Gasteiger partial charge is 0.453 e. The topological polar surface area (TPSA) is 175 Å². The maximum absolute atomic E-state index is 13.6. The Balaban J connectivity index is 1.03. The van der Waals surface area contributed by atoms with Crippen LogP contribution in [0.15, 0.2) is 36.5 Å². The summed E-state index contributed by atoms with van der Waals surface area (Å²) in [6.45, 7) is 8.77. The van der Waals surface area contributed by atoms with Crippen LogP contribution < -0.4 is 10.6 Å². The van der Waals surface area contributed by atoms with Crippen molar-refractivity contribution in [3.63, 3.8) is 0 Å². The average Bonchev–Trinajstić information content (AvgIpc) is 4.03. The summed E-state index contributed by atoms with van der Waals surface area (Å²) in [6, 6.07) is 8.66. The summed E-state index contributed by atoms with van der Waals surface area (Å²) < 4.78 is 11.8. The number of amides is 4. The summed E-state index contributed by atoms with van der Waals surface area (Å²) in [6.07, 6.45) is 3.69. The van der Waals surface area contributed by atoms with Crippen LogP contribution in [0.3, 0.4) is 0 Å². The van der Waals surface area contributed by atoms with E-state index in [9.17, 15) is 19.2 Å². The van der Waals surface area contributed by atoms with E-state index in [2.05, 4.69) is 61.7 Å². The van der Waals surface area contributed by atoms with Gasteiger partial charge in [-0.05, 0) is 79.2 Å². The highest BCUT2D eigenvalue weighted by atomic mass is 32.1. The van der Waals surface area contributed by atoms with Gasteiger partial charge in [-0.3, -0.25) is 9.59 Å². The van der Waals surface area contributed by atoms with E-state index in [0.29, 0.717) is 24.6 Å². The molecule has 294 valence electrons. The van der Waals surface area contributed by atoms with Crippen molar-refractivity contribution < 1.29 is 28.7 Å². The van der Waals surface area contributed by atoms with Gasteiger partial charge in [0.25, 0.3) is 0 Å². The zero-order valence-electron chi connectivity index (χ0n) is 32.2. The monoisotopic (exact) mass is 798 g/mol. The Hall–Kier alpha value is -5.40. The first-order valence-electron chi connectivity index (χ1n) is 18.8. The predicted molar refractivity (Wildman–Crippen MR) is 215 cm³/mol. The van der Waals surface area contributed by atoms with Crippen LogP contribution in [-0.4, -0.2) is 93.1 Å². The SMILES string of the molecule is COC(=O)N[C@H](C(=O)N1CCC[C@H]1c1nc2ccc(-c3cc4sc(C#Cc5cnc([C@H]6CCCN6C(=O)[C@H](NC(=O)OC)C(C)C)[nH]5)cc4s3)cc2[nH]1)C(C)C. The molecule has 0 aliphatic carbocycles.